The van der Waals surface area contributed by atoms with Crippen LogP contribution in [0.25, 0.3) is 0 Å². The minimum atomic E-state index is -3.71. The van der Waals surface area contributed by atoms with E-state index in [1.165, 1.54) is 12.1 Å². The fourth-order valence-corrected chi connectivity index (χ4v) is 1.88. The average molecular weight is 287 g/mol. The largest absolute Gasteiger partial charge is 0.350 e. The lowest BCUT2D eigenvalue weighted by Gasteiger charge is -2.04. The Morgan fingerprint density at radius 2 is 1.89 bits per heavy atom. The maximum atomic E-state index is 11.0. The minimum Gasteiger partial charge on any atom is -0.350 e. The van der Waals surface area contributed by atoms with E-state index < -0.39 is 27.4 Å². The molecule has 1 amide bonds. The van der Waals surface area contributed by atoms with Gasteiger partial charge in [-0.2, -0.15) is 0 Å². The fourth-order valence-electron chi connectivity index (χ4n) is 1.37. The van der Waals surface area contributed by atoms with Crippen LogP contribution in [-0.2, 0) is 21.2 Å². The molecule has 104 valence electrons. The molecule has 0 bridgehead atoms. The maximum absolute atomic E-state index is 11.0. The third kappa shape index (κ3) is 5.44. The number of nitrogens with one attached hydrogen (secondary N) is 1. The number of rotatable bonds is 6. The predicted octanol–water partition coefficient (Wildman–Crippen LogP) is -0.731. The number of hydrogen-bond acceptors (Lipinski definition) is 5. The second-order valence-electron chi connectivity index (χ2n) is 3.78. The van der Waals surface area contributed by atoms with E-state index in [9.17, 15) is 23.3 Å². The Bertz CT molecular complexity index is 567. The molecule has 0 unspecified atom stereocenters. The number of nitrogens with two attached hydrogens (primary N) is 1. The summed E-state index contributed by atoms with van der Waals surface area (Å²) >= 11 is 0. The number of nitrogens with zero attached hydrogens (tertiary/aromatic N) is 1. The van der Waals surface area contributed by atoms with Crippen molar-refractivity contribution in [1.29, 1.82) is 0 Å². The van der Waals surface area contributed by atoms with E-state index >= 15 is 0 Å². The van der Waals surface area contributed by atoms with Crippen molar-refractivity contribution in [3.05, 3.63) is 39.9 Å². The monoisotopic (exact) mass is 287 g/mol. The first kappa shape index (κ1) is 15.1. The third-order valence-electron chi connectivity index (χ3n) is 2.26. The average Bonchev–Trinajstić information content (AvgIpc) is 2.27. The molecular weight excluding hydrogens is 274 g/mol. The van der Waals surface area contributed by atoms with Gasteiger partial charge in [0, 0.05) is 11.5 Å². The summed E-state index contributed by atoms with van der Waals surface area (Å²) in [6.07, 6.45) is 0.439. The maximum Gasteiger partial charge on any atom is 0.291 e. The van der Waals surface area contributed by atoms with Crippen molar-refractivity contribution in [3.63, 3.8) is 0 Å². The van der Waals surface area contributed by atoms with Gasteiger partial charge in [-0.25, -0.2) is 13.6 Å². The van der Waals surface area contributed by atoms with Gasteiger partial charge in [0.1, 0.15) is 0 Å². The van der Waals surface area contributed by atoms with Gasteiger partial charge >= 0.3 is 0 Å². The number of sulfonamides is 1. The molecule has 1 aromatic rings. The number of nitro groups is 1. The highest BCUT2D eigenvalue weighted by molar-refractivity contribution is 7.89. The number of benzene rings is 1. The molecule has 19 heavy (non-hydrogen) atoms. The molecule has 0 fully saturated rings. The second kappa shape index (κ2) is 6.25. The van der Waals surface area contributed by atoms with Gasteiger partial charge < -0.3 is 5.32 Å². The number of hydrogen-bond donors (Lipinski definition) is 2. The van der Waals surface area contributed by atoms with Crippen LogP contribution in [0.1, 0.15) is 5.56 Å². The summed E-state index contributed by atoms with van der Waals surface area (Å²) in [7, 11) is -3.71. The van der Waals surface area contributed by atoms with Gasteiger partial charge in [-0.1, -0.05) is 12.1 Å². The Kier molecular flexibility index (Phi) is 4.95. The molecule has 0 atom stereocenters. The topological polar surface area (TPSA) is 132 Å². The number of amides is 1. The van der Waals surface area contributed by atoms with E-state index in [0.717, 1.165) is 5.56 Å². The van der Waals surface area contributed by atoms with Crippen LogP contribution in [0.4, 0.5) is 0 Å². The van der Waals surface area contributed by atoms with Crippen molar-refractivity contribution in [2.24, 2.45) is 5.14 Å². The zero-order chi connectivity index (χ0) is 14.5. The minimum absolute atomic E-state index is 0.00800. The molecule has 0 saturated carbocycles. The van der Waals surface area contributed by atoms with Crippen molar-refractivity contribution in [1.82, 2.24) is 5.32 Å². The van der Waals surface area contributed by atoms with E-state index in [1.807, 2.05) is 0 Å². The molecule has 0 aromatic heterocycles. The van der Waals surface area contributed by atoms with Crippen molar-refractivity contribution in [2.45, 2.75) is 11.3 Å². The highest BCUT2D eigenvalue weighted by Gasteiger charge is 2.09. The Hall–Kier alpha value is -2.00. The van der Waals surface area contributed by atoms with Crippen LogP contribution in [0.3, 0.4) is 0 Å². The summed E-state index contributed by atoms with van der Waals surface area (Å²) in [5, 5.41) is 17.4. The molecule has 8 nitrogen and oxygen atoms in total. The van der Waals surface area contributed by atoms with Gasteiger partial charge in [-0.3, -0.25) is 14.9 Å². The smallest absolute Gasteiger partial charge is 0.291 e. The molecule has 1 rings (SSSR count). The summed E-state index contributed by atoms with van der Waals surface area (Å²) in [4.78, 5) is 20.3. The van der Waals surface area contributed by atoms with Crippen molar-refractivity contribution in [2.75, 3.05) is 13.1 Å². The van der Waals surface area contributed by atoms with Crippen LogP contribution < -0.4 is 10.5 Å². The summed E-state index contributed by atoms with van der Waals surface area (Å²) in [5.74, 6) is -0.661. The summed E-state index contributed by atoms with van der Waals surface area (Å²) in [6, 6.07) is 5.87. The molecule has 0 aliphatic carbocycles. The molecule has 0 saturated heterocycles. The fraction of sp³-hybridized carbons (Fsp3) is 0.300. The van der Waals surface area contributed by atoms with Crippen LogP contribution in [0.15, 0.2) is 29.2 Å². The lowest BCUT2D eigenvalue weighted by atomic mass is 10.1. The quantitative estimate of drug-likeness (QED) is 0.525. The molecule has 0 spiro atoms. The third-order valence-corrected chi connectivity index (χ3v) is 3.19. The van der Waals surface area contributed by atoms with E-state index in [2.05, 4.69) is 5.32 Å². The normalized spacial score (nSPS) is 11.0. The Morgan fingerprint density at radius 1 is 1.32 bits per heavy atom. The zero-order valence-electron chi connectivity index (χ0n) is 9.90. The van der Waals surface area contributed by atoms with E-state index in [0.29, 0.717) is 6.42 Å². The lowest BCUT2D eigenvalue weighted by molar-refractivity contribution is -0.467. The predicted molar refractivity (Wildman–Crippen MR) is 66.4 cm³/mol. The van der Waals surface area contributed by atoms with Gasteiger partial charge in [0.15, 0.2) is 0 Å². The van der Waals surface area contributed by atoms with Crippen LogP contribution in [0.5, 0.6) is 0 Å². The van der Waals surface area contributed by atoms with Crippen molar-refractivity contribution < 1.29 is 18.1 Å². The Labute approximate surface area is 109 Å². The van der Waals surface area contributed by atoms with Crippen LogP contribution >= 0.6 is 0 Å². The summed E-state index contributed by atoms with van der Waals surface area (Å²) in [5.41, 5.74) is 0.786. The molecular formula is C10H13N3O5S. The summed E-state index contributed by atoms with van der Waals surface area (Å²) < 4.78 is 22.0. The number of carbonyl (C=O) groups is 1. The molecule has 0 heterocycles. The first-order valence-corrected chi connectivity index (χ1v) is 6.84. The van der Waals surface area contributed by atoms with Gasteiger partial charge in [0.05, 0.1) is 4.90 Å². The molecule has 0 aliphatic rings. The van der Waals surface area contributed by atoms with Crippen LogP contribution in [0, 0.1) is 10.1 Å². The highest BCUT2D eigenvalue weighted by Crippen LogP contribution is 2.08. The van der Waals surface area contributed by atoms with E-state index in [1.54, 1.807) is 12.1 Å². The first-order chi connectivity index (χ1) is 8.79. The van der Waals surface area contributed by atoms with E-state index in [-0.39, 0.29) is 11.4 Å². The van der Waals surface area contributed by atoms with E-state index in [4.69, 9.17) is 5.14 Å². The Morgan fingerprint density at radius 3 is 2.37 bits per heavy atom. The molecule has 1 aromatic carbocycles. The molecule has 3 N–H and O–H groups in total. The van der Waals surface area contributed by atoms with Gasteiger partial charge in [-0.05, 0) is 24.1 Å². The molecule has 0 aliphatic heterocycles. The molecule has 0 radical (unpaired) electrons. The van der Waals surface area contributed by atoms with Gasteiger partial charge in [0.2, 0.25) is 10.0 Å². The number of primary sulfonamides is 1. The van der Waals surface area contributed by atoms with Crippen LogP contribution in [0.2, 0.25) is 0 Å². The number of carbonyl (C=O) groups excluding carboxylic acids is 1. The van der Waals surface area contributed by atoms with Gasteiger partial charge in [0.25, 0.3) is 12.5 Å². The molecule has 9 heteroatoms. The van der Waals surface area contributed by atoms with Gasteiger partial charge in [-0.15, -0.1) is 0 Å². The van der Waals surface area contributed by atoms with Crippen molar-refractivity contribution in [3.8, 4) is 0 Å². The zero-order valence-corrected chi connectivity index (χ0v) is 10.7. The summed E-state index contributed by atoms with van der Waals surface area (Å²) in [6.45, 7) is -0.522. The second-order valence-corrected chi connectivity index (χ2v) is 5.34. The first-order valence-electron chi connectivity index (χ1n) is 5.29. The lowest BCUT2D eigenvalue weighted by Crippen LogP contribution is -2.31. The Balaban J connectivity index is 2.47. The van der Waals surface area contributed by atoms with Crippen LogP contribution in [-0.4, -0.2) is 32.3 Å². The SMILES string of the molecule is NS(=O)(=O)c1ccc(CCNC(=O)C[N+](=O)[O-])cc1. The standard InChI is InChI=1S/C10H13N3O5S/c11-19(17,18)9-3-1-8(2-4-9)5-6-12-10(14)7-13(15)16/h1-4H,5-7H2,(H,12,14)(H2,11,17,18). The van der Waals surface area contributed by atoms with Crippen molar-refractivity contribution >= 4 is 15.9 Å². The highest BCUT2D eigenvalue weighted by atomic mass is 32.2.